The first-order valence-electron chi connectivity index (χ1n) is 6.04. The van der Waals surface area contributed by atoms with Crippen LogP contribution in [0.1, 0.15) is 13.8 Å². The smallest absolute Gasteiger partial charge is 0.328 e. The lowest BCUT2D eigenvalue weighted by atomic mass is 10.1. The van der Waals surface area contributed by atoms with Gasteiger partial charge in [0, 0.05) is 10.9 Å². The number of methoxy groups -OCH3 is 1. The second-order valence-corrected chi connectivity index (χ2v) is 4.66. The molecule has 0 saturated carbocycles. The number of carbonyl (C=O) groups is 1. The highest BCUT2D eigenvalue weighted by Gasteiger charge is 2.23. The molecule has 1 atom stereocenters. The zero-order valence-corrected chi connectivity index (χ0v) is 10.9. The molecule has 0 saturated heterocycles. The van der Waals surface area contributed by atoms with Gasteiger partial charge in [0.25, 0.3) is 0 Å². The zero-order chi connectivity index (χ0) is 13.1. The van der Waals surface area contributed by atoms with Crippen molar-refractivity contribution in [3.63, 3.8) is 0 Å². The molecule has 0 aliphatic carbocycles. The van der Waals surface area contributed by atoms with E-state index in [1.54, 1.807) is 0 Å². The molecule has 0 unspecified atom stereocenters. The minimum Gasteiger partial charge on any atom is -0.467 e. The van der Waals surface area contributed by atoms with Gasteiger partial charge in [0.15, 0.2) is 0 Å². The second kappa shape index (κ2) is 5.12. The molecule has 96 valence electrons. The summed E-state index contributed by atoms with van der Waals surface area (Å²) in [7, 11) is 1.41. The standard InChI is InChI=1S/C14H18N2O2/c1-9(2)13(14(17)18-3)16-12-8-10-6-4-5-7-11(10)15-12/h4-9,13,15-16H,1-3H3/t13-/m0/s1. The molecule has 2 rings (SSSR count). The largest absolute Gasteiger partial charge is 0.467 e. The number of aromatic nitrogens is 1. The van der Waals surface area contributed by atoms with Gasteiger partial charge >= 0.3 is 5.97 Å². The van der Waals surface area contributed by atoms with Crippen LogP contribution in [0.2, 0.25) is 0 Å². The van der Waals surface area contributed by atoms with E-state index >= 15 is 0 Å². The summed E-state index contributed by atoms with van der Waals surface area (Å²) in [5.74, 6) is 0.743. The summed E-state index contributed by atoms with van der Waals surface area (Å²) in [6, 6.07) is 9.64. The molecule has 18 heavy (non-hydrogen) atoms. The van der Waals surface area contributed by atoms with E-state index in [0.29, 0.717) is 0 Å². The monoisotopic (exact) mass is 246 g/mol. The number of nitrogens with one attached hydrogen (secondary N) is 2. The summed E-state index contributed by atoms with van der Waals surface area (Å²) in [6.07, 6.45) is 0. The Morgan fingerprint density at radius 1 is 1.33 bits per heavy atom. The Hall–Kier alpha value is -1.97. The Morgan fingerprint density at radius 2 is 2.06 bits per heavy atom. The quantitative estimate of drug-likeness (QED) is 0.816. The van der Waals surface area contributed by atoms with Crippen molar-refractivity contribution in [1.29, 1.82) is 0 Å². The number of rotatable bonds is 4. The molecule has 2 aromatic rings. The number of hydrogen-bond donors (Lipinski definition) is 2. The highest BCUT2D eigenvalue weighted by molar-refractivity contribution is 5.85. The van der Waals surface area contributed by atoms with Crippen LogP contribution < -0.4 is 5.32 Å². The number of esters is 1. The maximum absolute atomic E-state index is 11.7. The molecule has 1 aromatic carbocycles. The van der Waals surface area contributed by atoms with Gasteiger partial charge in [-0.1, -0.05) is 32.0 Å². The van der Waals surface area contributed by atoms with E-state index in [2.05, 4.69) is 10.3 Å². The Labute approximate surface area is 106 Å². The summed E-state index contributed by atoms with van der Waals surface area (Å²) in [4.78, 5) is 14.9. The number of ether oxygens (including phenoxy) is 1. The van der Waals surface area contributed by atoms with Gasteiger partial charge in [0.05, 0.1) is 7.11 Å². The number of benzene rings is 1. The average Bonchev–Trinajstić information content (AvgIpc) is 2.77. The maximum atomic E-state index is 11.7. The van der Waals surface area contributed by atoms with Gasteiger partial charge < -0.3 is 15.0 Å². The predicted octanol–water partition coefficient (Wildman–Crippen LogP) is 2.78. The summed E-state index contributed by atoms with van der Waals surface area (Å²) < 4.78 is 4.80. The second-order valence-electron chi connectivity index (χ2n) is 4.66. The van der Waals surface area contributed by atoms with Crippen LogP contribution >= 0.6 is 0 Å². The number of anilines is 1. The lowest BCUT2D eigenvalue weighted by Gasteiger charge is -2.19. The summed E-state index contributed by atoms with van der Waals surface area (Å²) in [5, 5.41) is 4.31. The maximum Gasteiger partial charge on any atom is 0.328 e. The molecular formula is C14H18N2O2. The van der Waals surface area contributed by atoms with E-state index in [4.69, 9.17) is 4.74 Å². The summed E-state index contributed by atoms with van der Waals surface area (Å²) in [5.41, 5.74) is 1.05. The van der Waals surface area contributed by atoms with Crippen molar-refractivity contribution in [3.05, 3.63) is 30.3 Å². The molecule has 4 heteroatoms. The van der Waals surface area contributed by atoms with Crippen LogP contribution in [0.4, 0.5) is 5.82 Å². The normalized spacial score (nSPS) is 12.7. The Morgan fingerprint density at radius 3 is 2.67 bits per heavy atom. The highest BCUT2D eigenvalue weighted by Crippen LogP contribution is 2.20. The van der Waals surface area contributed by atoms with E-state index in [-0.39, 0.29) is 17.9 Å². The fraction of sp³-hybridized carbons (Fsp3) is 0.357. The van der Waals surface area contributed by atoms with Crippen LogP contribution in [0.3, 0.4) is 0 Å². The Kier molecular flexibility index (Phi) is 3.55. The first-order chi connectivity index (χ1) is 8.61. The SMILES string of the molecule is COC(=O)[C@@H](Nc1cc2ccccc2[nH]1)C(C)C. The molecule has 0 fully saturated rings. The third-order valence-electron chi connectivity index (χ3n) is 2.96. The average molecular weight is 246 g/mol. The number of H-pyrrole nitrogens is 1. The third-order valence-corrected chi connectivity index (χ3v) is 2.96. The first-order valence-corrected chi connectivity index (χ1v) is 6.04. The number of carbonyl (C=O) groups excluding carboxylic acids is 1. The highest BCUT2D eigenvalue weighted by atomic mass is 16.5. The molecule has 0 radical (unpaired) electrons. The lowest BCUT2D eigenvalue weighted by Crippen LogP contribution is -2.35. The van der Waals surface area contributed by atoms with Crippen molar-refractivity contribution in [2.45, 2.75) is 19.9 Å². The predicted molar refractivity (Wildman–Crippen MR) is 72.6 cm³/mol. The van der Waals surface area contributed by atoms with Crippen molar-refractivity contribution in [3.8, 4) is 0 Å². The molecule has 4 nitrogen and oxygen atoms in total. The fourth-order valence-electron chi connectivity index (χ4n) is 1.94. The third kappa shape index (κ3) is 2.47. The minimum atomic E-state index is -0.344. The van der Waals surface area contributed by atoms with Crippen LogP contribution in [0.15, 0.2) is 30.3 Å². The molecule has 1 heterocycles. The molecule has 0 spiro atoms. The Bertz CT molecular complexity index is 512. The van der Waals surface area contributed by atoms with Gasteiger partial charge in [0.2, 0.25) is 0 Å². The number of hydrogen-bond acceptors (Lipinski definition) is 3. The number of fused-ring (bicyclic) bond motifs is 1. The molecular weight excluding hydrogens is 228 g/mol. The van der Waals surface area contributed by atoms with E-state index in [0.717, 1.165) is 16.7 Å². The van der Waals surface area contributed by atoms with Crippen molar-refractivity contribution in [2.75, 3.05) is 12.4 Å². The van der Waals surface area contributed by atoms with E-state index in [1.807, 2.05) is 44.2 Å². The fourth-order valence-corrected chi connectivity index (χ4v) is 1.94. The van der Waals surface area contributed by atoms with Crippen molar-refractivity contribution in [1.82, 2.24) is 4.98 Å². The number of para-hydroxylation sites is 1. The van der Waals surface area contributed by atoms with Crippen LogP contribution in [0, 0.1) is 5.92 Å². The molecule has 1 aromatic heterocycles. The zero-order valence-electron chi connectivity index (χ0n) is 10.9. The van der Waals surface area contributed by atoms with Gasteiger partial charge in [-0.25, -0.2) is 4.79 Å². The van der Waals surface area contributed by atoms with Crippen molar-refractivity contribution >= 4 is 22.7 Å². The molecule has 0 aliphatic rings. The first kappa shape index (κ1) is 12.5. The molecule has 0 bridgehead atoms. The van der Waals surface area contributed by atoms with E-state index in [1.165, 1.54) is 7.11 Å². The Balaban J connectivity index is 2.23. The van der Waals surface area contributed by atoms with Crippen LogP contribution in [-0.2, 0) is 9.53 Å². The topological polar surface area (TPSA) is 54.1 Å². The van der Waals surface area contributed by atoms with E-state index in [9.17, 15) is 4.79 Å². The lowest BCUT2D eigenvalue weighted by molar-refractivity contribution is -0.142. The van der Waals surface area contributed by atoms with Gasteiger partial charge in [-0.15, -0.1) is 0 Å². The van der Waals surface area contributed by atoms with Crippen LogP contribution in [-0.4, -0.2) is 24.1 Å². The van der Waals surface area contributed by atoms with Crippen molar-refractivity contribution < 1.29 is 9.53 Å². The van der Waals surface area contributed by atoms with Gasteiger partial charge in [-0.3, -0.25) is 0 Å². The number of aromatic amines is 1. The molecule has 0 aliphatic heterocycles. The summed E-state index contributed by atoms with van der Waals surface area (Å²) in [6.45, 7) is 3.97. The summed E-state index contributed by atoms with van der Waals surface area (Å²) >= 11 is 0. The van der Waals surface area contributed by atoms with Crippen LogP contribution in [0.25, 0.3) is 10.9 Å². The molecule has 0 amide bonds. The van der Waals surface area contributed by atoms with Gasteiger partial charge in [-0.2, -0.15) is 0 Å². The van der Waals surface area contributed by atoms with Crippen LogP contribution in [0.5, 0.6) is 0 Å². The minimum absolute atomic E-state index is 0.156. The molecule has 2 N–H and O–H groups in total. The van der Waals surface area contributed by atoms with Gasteiger partial charge in [0.1, 0.15) is 11.9 Å². The van der Waals surface area contributed by atoms with Gasteiger partial charge in [-0.05, 0) is 18.1 Å². The van der Waals surface area contributed by atoms with E-state index < -0.39 is 0 Å². The van der Waals surface area contributed by atoms with Crippen molar-refractivity contribution in [2.24, 2.45) is 5.92 Å².